The number of nitrogens with zero attached hydrogens (tertiary/aromatic N) is 1. The molecule has 7 heteroatoms. The molecule has 0 radical (unpaired) electrons. The van der Waals surface area contributed by atoms with Crippen LogP contribution < -0.4 is 5.32 Å². The Labute approximate surface area is 288 Å². The molecule has 1 fully saturated rings. The molecule has 0 unspecified atom stereocenters. The fraction of sp³-hybridized carbons (Fsp3) is 0.262. The van der Waals surface area contributed by atoms with Crippen LogP contribution in [0.15, 0.2) is 133 Å². The van der Waals surface area contributed by atoms with Gasteiger partial charge in [-0.15, -0.1) is 0 Å². The molecule has 0 bridgehead atoms. The Morgan fingerprint density at radius 1 is 0.796 bits per heavy atom. The van der Waals surface area contributed by atoms with E-state index >= 15 is 0 Å². The lowest BCUT2D eigenvalue weighted by Gasteiger charge is -2.39. The average molecular weight is 657 g/mol. The summed E-state index contributed by atoms with van der Waals surface area (Å²) in [5.74, 6) is -0.100. The first-order chi connectivity index (χ1) is 23.9. The lowest BCUT2D eigenvalue weighted by molar-refractivity contribution is -0.253. The van der Waals surface area contributed by atoms with Crippen LogP contribution >= 0.6 is 0 Å². The Balaban J connectivity index is 1.16. The zero-order valence-corrected chi connectivity index (χ0v) is 28.0. The molecule has 3 N–H and O–H groups in total. The van der Waals surface area contributed by atoms with Gasteiger partial charge in [-0.3, -0.25) is 9.69 Å². The van der Waals surface area contributed by atoms with Crippen molar-refractivity contribution in [2.45, 2.75) is 57.1 Å². The van der Waals surface area contributed by atoms with Gasteiger partial charge in [-0.05, 0) is 65.6 Å². The van der Waals surface area contributed by atoms with Crippen LogP contribution in [0.1, 0.15) is 70.0 Å². The van der Waals surface area contributed by atoms with Gasteiger partial charge in [0, 0.05) is 36.7 Å². The molecule has 0 aliphatic carbocycles. The monoisotopic (exact) mass is 656 g/mol. The number of likely N-dealkylation sites (N-methyl/N-ethyl adjacent to an activating group) is 1. The number of aliphatic hydroxyl groups excluding tert-OH is 2. The molecular formula is C42H44N2O5. The highest BCUT2D eigenvalue weighted by atomic mass is 16.7. The summed E-state index contributed by atoms with van der Waals surface area (Å²) in [7, 11) is 2.02. The van der Waals surface area contributed by atoms with Crippen LogP contribution in [-0.4, -0.2) is 46.8 Å². The summed E-state index contributed by atoms with van der Waals surface area (Å²) in [5, 5.41) is 23.7. The van der Waals surface area contributed by atoms with Crippen molar-refractivity contribution in [2.24, 2.45) is 0 Å². The molecule has 49 heavy (non-hydrogen) atoms. The van der Waals surface area contributed by atoms with E-state index in [0.717, 1.165) is 38.9 Å². The van der Waals surface area contributed by atoms with E-state index in [9.17, 15) is 15.0 Å². The molecule has 252 valence electrons. The number of carbonyl (C=O) groups excluding carboxylic acids is 1. The maximum absolute atomic E-state index is 12.5. The second-order valence-electron chi connectivity index (χ2n) is 12.8. The van der Waals surface area contributed by atoms with E-state index in [4.69, 9.17) is 9.47 Å². The number of benzene rings is 5. The predicted octanol–water partition coefficient (Wildman–Crippen LogP) is 7.38. The van der Waals surface area contributed by atoms with E-state index in [0.29, 0.717) is 25.1 Å². The molecule has 1 aliphatic rings. The Hall–Kier alpha value is -4.63. The van der Waals surface area contributed by atoms with Gasteiger partial charge < -0.3 is 25.0 Å². The SMILES string of the molecule is C[C@@H]([C@H](O)c1ccccc1)N(C)C[C@H]1C[C@@H](c2ccc(CO)cc2)O[C@@H](c2ccc(-c3cccc(CNC(=O)c4ccccc4)c3)cc2)O1. The van der Waals surface area contributed by atoms with Crippen LogP contribution in [0.5, 0.6) is 0 Å². The van der Waals surface area contributed by atoms with Gasteiger partial charge in [-0.25, -0.2) is 0 Å². The van der Waals surface area contributed by atoms with Crippen molar-refractivity contribution in [3.8, 4) is 11.1 Å². The van der Waals surface area contributed by atoms with Gasteiger partial charge in [0.15, 0.2) is 6.29 Å². The van der Waals surface area contributed by atoms with Gasteiger partial charge >= 0.3 is 0 Å². The number of hydrogen-bond donors (Lipinski definition) is 3. The quantitative estimate of drug-likeness (QED) is 0.130. The molecule has 1 aliphatic heterocycles. The highest BCUT2D eigenvalue weighted by Gasteiger charge is 2.34. The summed E-state index contributed by atoms with van der Waals surface area (Å²) in [6.45, 7) is 3.07. The Bertz CT molecular complexity index is 1780. The third-order valence-electron chi connectivity index (χ3n) is 9.33. The van der Waals surface area contributed by atoms with Crippen LogP contribution in [0.2, 0.25) is 0 Å². The van der Waals surface area contributed by atoms with Gasteiger partial charge in [0.05, 0.1) is 24.9 Å². The Kier molecular flexibility index (Phi) is 11.3. The molecule has 7 nitrogen and oxygen atoms in total. The summed E-state index contributed by atoms with van der Waals surface area (Å²) in [4.78, 5) is 14.7. The van der Waals surface area contributed by atoms with Gasteiger partial charge in [0.1, 0.15) is 0 Å². The third kappa shape index (κ3) is 8.70. The lowest BCUT2D eigenvalue weighted by Crippen LogP contribution is -2.43. The van der Waals surface area contributed by atoms with E-state index < -0.39 is 12.4 Å². The number of nitrogens with one attached hydrogen (secondary N) is 1. The van der Waals surface area contributed by atoms with Crippen LogP contribution in [0.25, 0.3) is 11.1 Å². The summed E-state index contributed by atoms with van der Waals surface area (Å²) in [5.41, 5.74) is 7.43. The van der Waals surface area contributed by atoms with Crippen molar-refractivity contribution in [2.75, 3.05) is 13.6 Å². The van der Waals surface area contributed by atoms with Crippen LogP contribution in [-0.2, 0) is 22.6 Å². The summed E-state index contributed by atoms with van der Waals surface area (Å²) >= 11 is 0. The summed E-state index contributed by atoms with van der Waals surface area (Å²) in [6, 6.07) is 43.1. The Morgan fingerprint density at radius 3 is 2.16 bits per heavy atom. The van der Waals surface area contributed by atoms with Gasteiger partial charge in [-0.2, -0.15) is 0 Å². The van der Waals surface area contributed by atoms with Gasteiger partial charge in [-0.1, -0.05) is 115 Å². The number of rotatable bonds is 12. The van der Waals surface area contributed by atoms with Crippen molar-refractivity contribution in [1.29, 1.82) is 0 Å². The summed E-state index contributed by atoms with van der Waals surface area (Å²) in [6.07, 6.45) is -0.924. The standard InChI is InChI=1S/C42H44N2O5/c1-29(40(46)34-11-5-3-6-12-34)44(2)27-38-25-39(33-18-16-30(28-45)17-19-33)49-42(48-38)36-22-20-32(21-23-36)37-15-9-10-31(24-37)26-43-41(47)35-13-7-4-8-14-35/h3-24,29,38-40,42,45-46H,25-28H2,1-2H3,(H,43,47)/t29-,38+,39-,40-,42-/m0/s1. The second kappa shape index (κ2) is 16.2. The minimum Gasteiger partial charge on any atom is -0.392 e. The highest BCUT2D eigenvalue weighted by Crippen LogP contribution is 2.39. The molecule has 6 rings (SSSR count). The first-order valence-corrected chi connectivity index (χ1v) is 16.8. The lowest BCUT2D eigenvalue weighted by atomic mass is 9.98. The van der Waals surface area contributed by atoms with Gasteiger partial charge in [0.25, 0.3) is 5.91 Å². The van der Waals surface area contributed by atoms with Gasteiger partial charge in [0.2, 0.25) is 0 Å². The van der Waals surface area contributed by atoms with Crippen LogP contribution in [0.3, 0.4) is 0 Å². The minimum atomic E-state index is -0.630. The largest absolute Gasteiger partial charge is 0.392 e. The maximum atomic E-state index is 12.5. The third-order valence-corrected chi connectivity index (χ3v) is 9.33. The molecule has 5 aromatic carbocycles. The number of amides is 1. The summed E-state index contributed by atoms with van der Waals surface area (Å²) < 4.78 is 13.2. The fourth-order valence-corrected chi connectivity index (χ4v) is 6.26. The van der Waals surface area contributed by atoms with Crippen molar-refractivity contribution < 1.29 is 24.5 Å². The molecular weight excluding hydrogens is 612 g/mol. The van der Waals surface area contributed by atoms with Crippen molar-refractivity contribution in [3.63, 3.8) is 0 Å². The van der Waals surface area contributed by atoms with Crippen LogP contribution in [0, 0.1) is 0 Å². The van der Waals surface area contributed by atoms with Crippen molar-refractivity contribution in [3.05, 3.63) is 167 Å². The van der Waals surface area contributed by atoms with Crippen molar-refractivity contribution in [1.82, 2.24) is 10.2 Å². The molecule has 5 atom stereocenters. The first-order valence-electron chi connectivity index (χ1n) is 16.8. The molecule has 1 amide bonds. The van der Waals surface area contributed by atoms with Crippen LogP contribution in [0.4, 0.5) is 0 Å². The number of ether oxygens (including phenoxy) is 2. The average Bonchev–Trinajstić information content (AvgIpc) is 3.17. The van der Waals surface area contributed by atoms with E-state index in [-0.39, 0.29) is 30.8 Å². The molecule has 0 aromatic heterocycles. The first kappa shape index (κ1) is 34.2. The number of hydrogen-bond acceptors (Lipinski definition) is 6. The highest BCUT2D eigenvalue weighted by molar-refractivity contribution is 5.94. The second-order valence-corrected chi connectivity index (χ2v) is 12.8. The smallest absolute Gasteiger partial charge is 0.251 e. The molecule has 0 saturated carbocycles. The van der Waals surface area contributed by atoms with E-state index in [1.54, 1.807) is 12.1 Å². The predicted molar refractivity (Wildman–Crippen MR) is 191 cm³/mol. The molecule has 1 heterocycles. The van der Waals surface area contributed by atoms with Crippen molar-refractivity contribution >= 4 is 5.91 Å². The molecule has 5 aromatic rings. The maximum Gasteiger partial charge on any atom is 0.251 e. The zero-order valence-electron chi connectivity index (χ0n) is 28.0. The fourth-order valence-electron chi connectivity index (χ4n) is 6.26. The van der Waals surface area contributed by atoms with E-state index in [1.165, 1.54) is 0 Å². The number of carbonyl (C=O) groups is 1. The zero-order chi connectivity index (χ0) is 34.2. The molecule has 1 saturated heterocycles. The normalized spacial score (nSPS) is 18.9. The Morgan fingerprint density at radius 2 is 1.47 bits per heavy atom. The van der Waals surface area contributed by atoms with E-state index in [1.807, 2.05) is 111 Å². The number of aliphatic hydroxyl groups is 2. The molecule has 0 spiro atoms. The topological polar surface area (TPSA) is 91.3 Å². The minimum absolute atomic E-state index is 0.00975. The van der Waals surface area contributed by atoms with E-state index in [2.05, 4.69) is 34.5 Å².